The zero-order valence-corrected chi connectivity index (χ0v) is 13.3. The first-order valence-electron chi connectivity index (χ1n) is 4.97. The van der Waals surface area contributed by atoms with Gasteiger partial charge < -0.3 is 0 Å². The van der Waals surface area contributed by atoms with Crippen molar-refractivity contribution in [3.63, 3.8) is 0 Å². The van der Waals surface area contributed by atoms with Crippen LogP contribution in [0.4, 0.5) is 0 Å². The Balaban J connectivity index is 3.90. The van der Waals surface area contributed by atoms with E-state index in [1.807, 2.05) is 14.1 Å². The Labute approximate surface area is 112 Å². The van der Waals surface area contributed by atoms with Gasteiger partial charge in [-0.3, -0.25) is 0 Å². The molecule has 0 aliphatic carbocycles. The molecule has 0 aromatic rings. The van der Waals surface area contributed by atoms with Crippen LogP contribution in [-0.2, 0) is 13.6 Å². The van der Waals surface area contributed by atoms with E-state index in [1.54, 1.807) is 0 Å². The second-order valence-corrected chi connectivity index (χ2v) is 8.89. The van der Waals surface area contributed by atoms with Crippen molar-refractivity contribution < 1.29 is 52.9 Å². The summed E-state index contributed by atoms with van der Waals surface area (Å²) in [6.45, 7) is -0.211. The van der Waals surface area contributed by atoms with Crippen molar-refractivity contribution in [3.05, 3.63) is 0 Å². The molecule has 0 spiro atoms. The van der Waals surface area contributed by atoms with E-state index in [-0.39, 0.29) is 28.1 Å². The molecule has 0 bridgehead atoms. The predicted octanol–water partition coefficient (Wildman–Crippen LogP) is -3.82. The predicted molar refractivity (Wildman–Crippen MR) is 57.7 cm³/mol. The second kappa shape index (κ2) is 8.00. The van der Waals surface area contributed by atoms with Gasteiger partial charge in [0.2, 0.25) is 0 Å². The molecule has 1 unspecified atom stereocenters. The van der Waals surface area contributed by atoms with Crippen molar-refractivity contribution in [3.8, 4) is 0 Å². The van der Waals surface area contributed by atoms with E-state index >= 15 is 0 Å². The van der Waals surface area contributed by atoms with Crippen molar-refractivity contribution in [2.45, 2.75) is 6.10 Å². The van der Waals surface area contributed by atoms with Crippen LogP contribution in [0.1, 0.15) is 0 Å². The molecule has 0 aromatic heterocycles. The van der Waals surface area contributed by atoms with Gasteiger partial charge >= 0.3 is 112 Å². The molecule has 106 valence electrons. The third-order valence-electron chi connectivity index (χ3n) is 1.98. The number of alkyl halides is 1. The molecule has 3 N–H and O–H groups in total. The van der Waals surface area contributed by atoms with Crippen LogP contribution >= 0.6 is 7.82 Å². The van der Waals surface area contributed by atoms with E-state index in [0.717, 1.165) is 2.70 Å². The molecule has 0 saturated carbocycles. The fourth-order valence-corrected chi connectivity index (χ4v) is 2.15. The number of likely N-dealkylation sites (N-methyl/N-ethyl adjacent to an activating group) is 1. The molecule has 2 atom stereocenters. The summed E-state index contributed by atoms with van der Waals surface area (Å²) in [6.07, 6.45) is -1.17. The first-order valence-corrected chi connectivity index (χ1v) is 9.59. The average molecular weight is 385 g/mol. The van der Waals surface area contributed by atoms with E-state index in [2.05, 4.69) is 9.45 Å². The van der Waals surface area contributed by atoms with Crippen LogP contribution in [0.5, 0.6) is 0 Å². The van der Waals surface area contributed by atoms with Crippen molar-refractivity contribution >= 4 is 7.82 Å². The van der Waals surface area contributed by atoms with Crippen LogP contribution in [0.15, 0.2) is 0 Å². The van der Waals surface area contributed by atoms with Crippen LogP contribution in [-0.4, -0.2) is 69.3 Å². The molecule has 0 radical (unpaired) electrons. The number of hydrogen-bond acceptors (Lipinski definition) is 5. The van der Waals surface area contributed by atoms with Crippen LogP contribution in [0.25, 0.3) is 0 Å². The van der Waals surface area contributed by atoms with Gasteiger partial charge in [0.25, 0.3) is 0 Å². The third-order valence-corrected chi connectivity index (χ3v) is 6.05. The Hall–Kier alpha value is 0.720. The molecule has 0 fully saturated rings. The van der Waals surface area contributed by atoms with E-state index in [9.17, 15) is 9.46 Å². The summed E-state index contributed by atoms with van der Waals surface area (Å²) in [5.74, 6) is 0. The van der Waals surface area contributed by atoms with Crippen molar-refractivity contribution in [1.82, 2.24) is 0 Å². The summed E-state index contributed by atoms with van der Waals surface area (Å²) >= 11 is -0.0375. The van der Waals surface area contributed by atoms with Crippen LogP contribution < -0.4 is 21.5 Å². The van der Waals surface area contributed by atoms with Gasteiger partial charge in [-0.1, -0.05) is 0 Å². The average Bonchev–Trinajstić information content (AvgIpc) is 2.25. The molecule has 0 aliphatic heterocycles. The van der Waals surface area contributed by atoms with Gasteiger partial charge in [-0.05, 0) is 0 Å². The second-order valence-electron chi connectivity index (χ2n) is 3.86. The Kier molecular flexibility index (Phi) is 8.34. The number of rotatable bonds is 9. The molecule has 0 saturated heterocycles. The number of aliphatic hydroxyl groups is 2. The normalized spacial score (nSPS) is 18.0. The van der Waals surface area contributed by atoms with E-state index in [1.165, 1.54) is 0 Å². The summed E-state index contributed by atoms with van der Waals surface area (Å²) in [4.78, 5) is 11.4. The zero-order chi connectivity index (χ0) is 13.5. The van der Waals surface area contributed by atoms with Gasteiger partial charge in [-0.15, -0.1) is 0 Å². The number of phosphoric acid groups is 1. The van der Waals surface area contributed by atoms with Gasteiger partial charge in [0.15, 0.2) is 0 Å². The first kappa shape index (κ1) is 17.7. The summed E-state index contributed by atoms with van der Waals surface area (Å²) in [5, 5.41) is 17.5. The summed E-state index contributed by atoms with van der Waals surface area (Å²) in [6, 6.07) is 0. The van der Waals surface area contributed by atoms with Gasteiger partial charge in [-0.2, -0.15) is 0 Å². The van der Waals surface area contributed by atoms with Crippen molar-refractivity contribution in [2.24, 2.45) is 0 Å². The number of phosphoric ester groups is 1. The monoisotopic (exact) mass is 385 g/mol. The molecule has 0 amide bonds. The van der Waals surface area contributed by atoms with Gasteiger partial charge in [0.05, 0.1) is 0 Å². The van der Waals surface area contributed by atoms with Crippen molar-refractivity contribution in [2.75, 3.05) is 45.4 Å². The zero-order valence-electron chi connectivity index (χ0n) is 10.2. The molecule has 7 nitrogen and oxygen atoms in total. The molecule has 0 rings (SSSR count). The summed E-state index contributed by atoms with van der Waals surface area (Å²) in [5.41, 5.74) is 0. The Morgan fingerprint density at radius 1 is 1.41 bits per heavy atom. The number of quaternary nitrogens is 1. The summed E-state index contributed by atoms with van der Waals surface area (Å²) in [7, 11) is -0.0788. The van der Waals surface area contributed by atoms with Gasteiger partial charge in [-0.25, -0.2) is 0 Å². The topological polar surface area (TPSA) is 96.2 Å². The fraction of sp³-hybridized carbons (Fsp3) is 1.00. The Morgan fingerprint density at radius 3 is 2.47 bits per heavy atom. The standard InChI is InChI=1S/C8H21INO6P/c1-9-10(2,3)4-5-15-17(13,14)16-7-8(12)6-11/h8,11-12H,4-7H2,1-3H3,(H,13,14)/t8-/m1/s1. The third kappa shape index (κ3) is 9.32. The quantitative estimate of drug-likeness (QED) is 0.163. The van der Waals surface area contributed by atoms with Crippen LogP contribution in [0, 0.1) is 0 Å². The number of halogens is 1. The maximum atomic E-state index is 11.3. The SMILES string of the molecule is C[I-][N+](C)(C)CCOP(=O)(O)OC[C@H](O)CO. The Morgan fingerprint density at radius 2 is 2.00 bits per heavy atom. The van der Waals surface area contributed by atoms with E-state index in [4.69, 9.17) is 14.7 Å². The minimum atomic E-state index is -4.13. The maximum absolute atomic E-state index is 11.3. The molecule has 0 aromatic carbocycles. The van der Waals surface area contributed by atoms with Crippen LogP contribution in [0.2, 0.25) is 0 Å². The summed E-state index contributed by atoms with van der Waals surface area (Å²) < 4.78 is 21.4. The molecular formula is C8H21INO6P. The van der Waals surface area contributed by atoms with Crippen molar-refractivity contribution in [1.29, 1.82) is 0 Å². The first-order chi connectivity index (χ1) is 7.72. The fourth-order valence-electron chi connectivity index (χ4n) is 0.728. The van der Waals surface area contributed by atoms with E-state index < -0.39 is 27.1 Å². The molecule has 17 heavy (non-hydrogen) atoms. The van der Waals surface area contributed by atoms with Gasteiger partial charge in [0.1, 0.15) is 0 Å². The molecule has 0 aliphatic rings. The van der Waals surface area contributed by atoms with E-state index in [0.29, 0.717) is 6.54 Å². The van der Waals surface area contributed by atoms with Gasteiger partial charge in [0, 0.05) is 0 Å². The number of nitrogens with zero attached hydrogens (tertiary/aromatic N) is 1. The van der Waals surface area contributed by atoms with Crippen LogP contribution in [0.3, 0.4) is 0 Å². The number of hydrogen-bond donors (Lipinski definition) is 3. The molecule has 9 heteroatoms. The Bertz CT molecular complexity index is 264. The molecular weight excluding hydrogens is 364 g/mol. The molecule has 0 heterocycles. The number of aliphatic hydroxyl groups excluding tert-OH is 2. The minimum absolute atomic E-state index is 0.0375.